The molecule has 3 rings (SSSR count). The largest absolute Gasteiger partial charge is 0.344 e. The maximum Gasteiger partial charge on any atom is 0.258 e. The van der Waals surface area contributed by atoms with E-state index in [1.54, 1.807) is 16.7 Å². The van der Waals surface area contributed by atoms with Crippen LogP contribution in [0.3, 0.4) is 0 Å². The lowest BCUT2D eigenvalue weighted by Crippen LogP contribution is -2.56. The highest BCUT2D eigenvalue weighted by Crippen LogP contribution is 2.13. The zero-order chi connectivity index (χ0) is 21.8. The van der Waals surface area contributed by atoms with Crippen LogP contribution in [0.2, 0.25) is 0 Å². The Balaban J connectivity index is 1.57. The number of fused-ring (bicyclic) bond motifs is 1. The maximum absolute atomic E-state index is 13.0. The molecule has 8 nitrogen and oxygen atoms in total. The Morgan fingerprint density at radius 2 is 1.87 bits per heavy atom. The molecule has 1 unspecified atom stereocenters. The average molecular weight is 434 g/mol. The molecule has 2 amide bonds. The van der Waals surface area contributed by atoms with Gasteiger partial charge in [0.05, 0.1) is 5.69 Å². The van der Waals surface area contributed by atoms with Crippen molar-refractivity contribution in [3.05, 3.63) is 33.7 Å². The first-order chi connectivity index (χ1) is 14.2. The Morgan fingerprint density at radius 3 is 2.50 bits per heavy atom. The van der Waals surface area contributed by atoms with E-state index in [1.165, 1.54) is 11.3 Å². The van der Waals surface area contributed by atoms with Crippen LogP contribution in [0, 0.1) is 11.8 Å². The summed E-state index contributed by atoms with van der Waals surface area (Å²) in [7, 11) is 0. The summed E-state index contributed by atoms with van der Waals surface area (Å²) in [5.74, 6) is 0.197. The molecule has 2 aromatic rings. The van der Waals surface area contributed by atoms with Crippen molar-refractivity contribution in [3.63, 3.8) is 0 Å². The number of carbonyl (C=O) groups excluding carboxylic acids is 2. The number of thiazole rings is 1. The van der Waals surface area contributed by atoms with Gasteiger partial charge in [-0.1, -0.05) is 27.7 Å². The van der Waals surface area contributed by atoms with E-state index in [4.69, 9.17) is 0 Å². The predicted octanol–water partition coefficient (Wildman–Crippen LogP) is 1.59. The van der Waals surface area contributed by atoms with E-state index in [-0.39, 0.29) is 29.2 Å². The highest BCUT2D eigenvalue weighted by Gasteiger charge is 2.30. The molecule has 1 aliphatic heterocycles. The standard InChI is InChI=1S/C21H31N5O3S/c1-14(2)11-17(27)23-19(15(3)4)20(29)25-7-5-24(6-8-25)13-16-12-18(28)26-9-10-30-21(26)22-16/h9-10,12,14-15,19H,5-8,11,13H2,1-4H3,(H,23,27). The lowest BCUT2D eigenvalue weighted by Gasteiger charge is -2.37. The van der Waals surface area contributed by atoms with Gasteiger partial charge in [-0.05, 0) is 11.8 Å². The van der Waals surface area contributed by atoms with Crippen LogP contribution in [0.5, 0.6) is 0 Å². The third kappa shape index (κ3) is 5.46. The van der Waals surface area contributed by atoms with Crippen LogP contribution in [-0.2, 0) is 16.1 Å². The van der Waals surface area contributed by atoms with E-state index < -0.39 is 6.04 Å². The molecule has 0 bridgehead atoms. The summed E-state index contributed by atoms with van der Waals surface area (Å²) in [5.41, 5.74) is 0.685. The Hall–Kier alpha value is -2.26. The van der Waals surface area contributed by atoms with E-state index in [9.17, 15) is 14.4 Å². The van der Waals surface area contributed by atoms with Gasteiger partial charge in [0.15, 0.2) is 4.96 Å². The Kier molecular flexibility index (Phi) is 7.25. The van der Waals surface area contributed by atoms with Crippen molar-refractivity contribution in [2.24, 2.45) is 11.8 Å². The van der Waals surface area contributed by atoms with Crippen molar-refractivity contribution in [2.45, 2.75) is 46.7 Å². The van der Waals surface area contributed by atoms with Crippen molar-refractivity contribution < 1.29 is 9.59 Å². The SMILES string of the molecule is CC(C)CC(=O)NC(C(=O)N1CCN(Cc2cc(=O)n3ccsc3n2)CC1)C(C)C. The molecule has 1 aliphatic rings. The first-order valence-corrected chi connectivity index (χ1v) is 11.4. The molecule has 0 radical (unpaired) electrons. The number of piperazine rings is 1. The van der Waals surface area contributed by atoms with E-state index >= 15 is 0 Å². The van der Waals surface area contributed by atoms with Gasteiger partial charge in [0, 0.05) is 56.8 Å². The van der Waals surface area contributed by atoms with Crippen molar-refractivity contribution >= 4 is 28.1 Å². The molecule has 1 fully saturated rings. The first kappa shape index (κ1) is 22.4. The second-order valence-corrected chi connectivity index (χ2v) is 9.50. The molecule has 3 heterocycles. The fourth-order valence-corrected chi connectivity index (χ4v) is 4.38. The normalized spacial score (nSPS) is 16.4. The fraction of sp³-hybridized carbons (Fsp3) is 0.619. The Bertz CT molecular complexity index is 944. The van der Waals surface area contributed by atoms with Crippen LogP contribution < -0.4 is 10.9 Å². The maximum atomic E-state index is 13.0. The van der Waals surface area contributed by atoms with Crippen molar-refractivity contribution in [2.75, 3.05) is 26.2 Å². The monoisotopic (exact) mass is 433 g/mol. The van der Waals surface area contributed by atoms with Gasteiger partial charge in [-0.2, -0.15) is 0 Å². The molecule has 1 atom stereocenters. The summed E-state index contributed by atoms with van der Waals surface area (Å²) in [6, 6.07) is 1.08. The smallest absolute Gasteiger partial charge is 0.258 e. The summed E-state index contributed by atoms with van der Waals surface area (Å²) < 4.78 is 1.55. The summed E-state index contributed by atoms with van der Waals surface area (Å²) in [4.78, 5) is 46.7. The van der Waals surface area contributed by atoms with Crippen LogP contribution in [-0.4, -0.2) is 63.2 Å². The van der Waals surface area contributed by atoms with Gasteiger partial charge < -0.3 is 10.2 Å². The van der Waals surface area contributed by atoms with E-state index in [1.807, 2.05) is 38.0 Å². The molecule has 0 aromatic carbocycles. The lowest BCUT2D eigenvalue weighted by molar-refractivity contribution is -0.139. The van der Waals surface area contributed by atoms with Gasteiger partial charge in [-0.3, -0.25) is 23.7 Å². The van der Waals surface area contributed by atoms with Crippen molar-refractivity contribution in [3.8, 4) is 0 Å². The molecule has 1 saturated heterocycles. The molecular weight excluding hydrogens is 402 g/mol. The number of rotatable bonds is 7. The van der Waals surface area contributed by atoms with Gasteiger partial charge in [0.25, 0.3) is 5.56 Å². The number of hydrogen-bond donors (Lipinski definition) is 1. The van der Waals surface area contributed by atoms with E-state index in [2.05, 4.69) is 15.2 Å². The minimum atomic E-state index is -0.495. The van der Waals surface area contributed by atoms with Crippen molar-refractivity contribution in [1.29, 1.82) is 0 Å². The van der Waals surface area contributed by atoms with Gasteiger partial charge in [-0.15, -0.1) is 11.3 Å². The topological polar surface area (TPSA) is 87.0 Å². The third-order valence-corrected chi connectivity index (χ3v) is 6.03. The van der Waals surface area contributed by atoms with Gasteiger partial charge in [-0.25, -0.2) is 4.98 Å². The van der Waals surface area contributed by atoms with Gasteiger partial charge in [0.1, 0.15) is 6.04 Å². The van der Waals surface area contributed by atoms with Crippen LogP contribution >= 0.6 is 11.3 Å². The Morgan fingerprint density at radius 1 is 1.17 bits per heavy atom. The van der Waals surface area contributed by atoms with Gasteiger partial charge in [0.2, 0.25) is 11.8 Å². The number of carbonyl (C=O) groups is 2. The van der Waals surface area contributed by atoms with Crippen LogP contribution in [0.1, 0.15) is 39.8 Å². The second kappa shape index (κ2) is 9.70. The lowest BCUT2D eigenvalue weighted by atomic mass is 10.0. The fourth-order valence-electron chi connectivity index (χ4n) is 3.64. The van der Waals surface area contributed by atoms with Crippen LogP contribution in [0.25, 0.3) is 4.96 Å². The molecule has 1 N–H and O–H groups in total. The minimum absolute atomic E-state index is 0.0156. The van der Waals surface area contributed by atoms with Crippen molar-refractivity contribution in [1.82, 2.24) is 24.5 Å². The molecule has 0 saturated carbocycles. The quantitative estimate of drug-likeness (QED) is 0.717. The number of nitrogens with one attached hydrogen (secondary N) is 1. The molecular formula is C21H31N5O3S. The van der Waals surface area contributed by atoms with Crippen LogP contribution in [0.4, 0.5) is 0 Å². The summed E-state index contributed by atoms with van der Waals surface area (Å²) >= 11 is 1.44. The third-order valence-electron chi connectivity index (χ3n) is 5.27. The number of hydrogen-bond acceptors (Lipinski definition) is 6. The average Bonchev–Trinajstić information content (AvgIpc) is 3.14. The minimum Gasteiger partial charge on any atom is -0.344 e. The predicted molar refractivity (Wildman–Crippen MR) is 117 cm³/mol. The highest BCUT2D eigenvalue weighted by atomic mass is 32.1. The summed E-state index contributed by atoms with van der Waals surface area (Å²) in [6.07, 6.45) is 2.15. The zero-order valence-corrected chi connectivity index (χ0v) is 18.9. The molecule has 2 aromatic heterocycles. The molecule has 0 spiro atoms. The summed E-state index contributed by atoms with van der Waals surface area (Å²) in [6.45, 7) is 11.1. The summed E-state index contributed by atoms with van der Waals surface area (Å²) in [5, 5.41) is 4.78. The zero-order valence-electron chi connectivity index (χ0n) is 18.1. The number of amides is 2. The second-order valence-electron chi connectivity index (χ2n) is 8.63. The number of nitrogens with zero attached hydrogens (tertiary/aromatic N) is 4. The molecule has 0 aliphatic carbocycles. The Labute approximate surface area is 180 Å². The first-order valence-electron chi connectivity index (χ1n) is 10.5. The van der Waals surface area contributed by atoms with Crippen LogP contribution in [0.15, 0.2) is 22.4 Å². The molecule has 9 heteroatoms. The van der Waals surface area contributed by atoms with E-state index in [0.29, 0.717) is 44.1 Å². The highest BCUT2D eigenvalue weighted by molar-refractivity contribution is 7.15. The van der Waals surface area contributed by atoms with Gasteiger partial charge >= 0.3 is 0 Å². The number of aromatic nitrogens is 2. The van der Waals surface area contributed by atoms with E-state index in [0.717, 1.165) is 5.69 Å². The molecule has 164 valence electrons. The molecule has 30 heavy (non-hydrogen) atoms.